The first-order valence-corrected chi connectivity index (χ1v) is 14.5. The molecular formula is C33H24F3N3O6S. The van der Waals surface area contributed by atoms with Crippen molar-refractivity contribution < 1.29 is 42.5 Å². The molecule has 1 aromatic heterocycles. The van der Waals surface area contributed by atoms with Crippen LogP contribution in [0.1, 0.15) is 52.9 Å². The molecule has 0 spiro atoms. The molecule has 2 amide bonds. The number of hydrogen-bond donors (Lipinski definition) is 4. The third-order valence-electron chi connectivity index (χ3n) is 6.64. The number of carbonyl (C=O) groups is 3. The number of halogens is 3. The molecule has 0 atom stereocenters. The number of amides is 2. The molecule has 4 N–H and O–H groups in total. The molecule has 0 bridgehead atoms. The van der Waals surface area contributed by atoms with Crippen molar-refractivity contribution in [3.63, 3.8) is 0 Å². The number of ether oxygens (including phenoxy) is 1. The van der Waals surface area contributed by atoms with Crippen molar-refractivity contribution in [3.05, 3.63) is 135 Å². The summed E-state index contributed by atoms with van der Waals surface area (Å²) < 4.78 is 47.3. The first-order chi connectivity index (χ1) is 22.0. The van der Waals surface area contributed by atoms with Crippen molar-refractivity contribution in [1.29, 1.82) is 0 Å². The van der Waals surface area contributed by atoms with Crippen molar-refractivity contribution in [2.45, 2.75) is 19.1 Å². The minimum Gasteiger partial charge on any atom is -0.507 e. The number of carboxylic acid groups (broad SMARTS) is 1. The van der Waals surface area contributed by atoms with E-state index in [1.165, 1.54) is 11.4 Å². The van der Waals surface area contributed by atoms with Gasteiger partial charge < -0.3 is 25.6 Å². The Kier molecular flexibility index (Phi) is 9.33. The van der Waals surface area contributed by atoms with Gasteiger partial charge >= 0.3 is 12.1 Å². The van der Waals surface area contributed by atoms with Crippen LogP contribution < -0.4 is 15.4 Å². The van der Waals surface area contributed by atoms with Crippen LogP contribution in [0.25, 0.3) is 0 Å². The number of anilines is 1. The van der Waals surface area contributed by atoms with Crippen LogP contribution in [0, 0.1) is 0 Å². The topological polar surface area (TPSA) is 138 Å². The molecule has 4 aromatic carbocycles. The maximum absolute atomic E-state index is 13.8. The number of aromatic carboxylic acids is 1. The van der Waals surface area contributed by atoms with Crippen LogP contribution in [-0.2, 0) is 19.1 Å². The molecule has 0 saturated carbocycles. The average molecular weight is 648 g/mol. The second-order valence-electron chi connectivity index (χ2n) is 9.91. The lowest BCUT2D eigenvalue weighted by Crippen LogP contribution is -2.23. The van der Waals surface area contributed by atoms with Crippen LogP contribution in [-0.4, -0.2) is 33.0 Å². The lowest BCUT2D eigenvalue weighted by Gasteiger charge is -2.14. The SMILES string of the molecule is O=C(Nc1ccc(O)c(C(=O)O)c1)c1ccc(C(F)(F)F)c(Cc2nc(C(=O)NCc3ccc(Oc4ccccc4)cc3)cs2)c1. The molecule has 0 aliphatic rings. The fourth-order valence-corrected chi connectivity index (χ4v) is 5.18. The van der Waals surface area contributed by atoms with Crippen LogP contribution in [0.2, 0.25) is 0 Å². The van der Waals surface area contributed by atoms with Gasteiger partial charge in [0.1, 0.15) is 28.5 Å². The van der Waals surface area contributed by atoms with Crippen molar-refractivity contribution in [1.82, 2.24) is 10.3 Å². The summed E-state index contributed by atoms with van der Waals surface area (Å²) in [6, 6.07) is 22.6. The number of aromatic hydroxyl groups is 1. The number of alkyl halides is 3. The van der Waals surface area contributed by atoms with Crippen LogP contribution in [0.5, 0.6) is 17.2 Å². The van der Waals surface area contributed by atoms with E-state index in [-0.39, 0.29) is 40.5 Å². The molecular weight excluding hydrogens is 623 g/mol. The highest BCUT2D eigenvalue weighted by molar-refractivity contribution is 7.09. The molecule has 0 saturated heterocycles. The van der Waals surface area contributed by atoms with Crippen LogP contribution >= 0.6 is 11.3 Å². The van der Waals surface area contributed by atoms with E-state index >= 15 is 0 Å². The molecule has 46 heavy (non-hydrogen) atoms. The fraction of sp³-hybridized carbons (Fsp3) is 0.0909. The third kappa shape index (κ3) is 7.87. The monoisotopic (exact) mass is 647 g/mol. The van der Waals surface area contributed by atoms with Crippen molar-refractivity contribution in [3.8, 4) is 17.2 Å². The molecule has 0 aliphatic carbocycles. The van der Waals surface area contributed by atoms with E-state index in [9.17, 15) is 37.8 Å². The third-order valence-corrected chi connectivity index (χ3v) is 7.49. The number of hydrogen-bond acceptors (Lipinski definition) is 7. The molecule has 0 radical (unpaired) electrons. The summed E-state index contributed by atoms with van der Waals surface area (Å²) in [6.45, 7) is 0.182. The van der Waals surface area contributed by atoms with Gasteiger partial charge in [-0.1, -0.05) is 30.3 Å². The maximum atomic E-state index is 13.8. The number of phenols is 1. The van der Waals surface area contributed by atoms with Crippen LogP contribution in [0.3, 0.4) is 0 Å². The highest BCUT2D eigenvalue weighted by atomic mass is 32.1. The summed E-state index contributed by atoms with van der Waals surface area (Å²) in [5, 5.41) is 25.7. The quantitative estimate of drug-likeness (QED) is 0.118. The van der Waals surface area contributed by atoms with Crippen molar-refractivity contribution in [2.75, 3.05) is 5.32 Å². The average Bonchev–Trinajstić information content (AvgIpc) is 3.50. The number of thiazole rings is 1. The van der Waals surface area contributed by atoms with Crippen LogP contribution in [0.15, 0.2) is 96.4 Å². The fourth-order valence-electron chi connectivity index (χ4n) is 4.38. The molecule has 0 unspecified atom stereocenters. The Labute approximate surface area is 263 Å². The zero-order chi connectivity index (χ0) is 32.8. The molecule has 0 fully saturated rings. The number of rotatable bonds is 10. The molecule has 0 aliphatic heterocycles. The van der Waals surface area contributed by atoms with E-state index in [2.05, 4.69) is 15.6 Å². The van der Waals surface area contributed by atoms with E-state index in [4.69, 9.17) is 4.74 Å². The Morgan fingerprint density at radius 2 is 1.59 bits per heavy atom. The Balaban J connectivity index is 1.25. The predicted molar refractivity (Wildman–Crippen MR) is 164 cm³/mol. The molecule has 13 heteroatoms. The first kappa shape index (κ1) is 31.7. The van der Waals surface area contributed by atoms with Crippen molar-refractivity contribution in [2.24, 2.45) is 0 Å². The second kappa shape index (κ2) is 13.5. The standard InChI is InChI=1S/C33H24F3N3O6S/c34-33(35,36)26-12-8-20(30(41)38-22-9-13-28(40)25(16-22)32(43)44)14-21(26)15-29-39-27(18-46-29)31(42)37-17-19-6-10-24(11-7-19)45-23-4-2-1-3-5-23/h1-14,16,18,40H,15,17H2,(H,37,42)(H,38,41)(H,43,44). The minimum atomic E-state index is -4.73. The van der Waals surface area contributed by atoms with Gasteiger partial charge in [-0.3, -0.25) is 9.59 Å². The van der Waals surface area contributed by atoms with Gasteiger partial charge in [-0.15, -0.1) is 11.3 Å². The summed E-state index contributed by atoms with van der Waals surface area (Å²) in [7, 11) is 0. The Morgan fingerprint density at radius 1 is 0.870 bits per heavy atom. The van der Waals surface area contributed by atoms with Gasteiger partial charge in [0.05, 0.1) is 10.6 Å². The van der Waals surface area contributed by atoms with Gasteiger partial charge in [-0.2, -0.15) is 13.2 Å². The van der Waals surface area contributed by atoms with E-state index in [0.29, 0.717) is 11.5 Å². The number of nitrogens with zero attached hydrogens (tertiary/aromatic N) is 1. The molecule has 5 aromatic rings. The van der Waals surface area contributed by atoms with Gasteiger partial charge in [0, 0.05) is 29.6 Å². The van der Waals surface area contributed by atoms with Gasteiger partial charge in [0.15, 0.2) is 0 Å². The zero-order valence-corrected chi connectivity index (χ0v) is 24.5. The molecule has 5 rings (SSSR count). The Bertz CT molecular complexity index is 1890. The lowest BCUT2D eigenvalue weighted by atomic mass is 10.0. The minimum absolute atomic E-state index is 0.0219. The predicted octanol–water partition coefficient (Wildman–Crippen LogP) is 7.13. The largest absolute Gasteiger partial charge is 0.507 e. The van der Waals surface area contributed by atoms with Gasteiger partial charge in [0.2, 0.25) is 0 Å². The van der Waals surface area contributed by atoms with E-state index in [0.717, 1.165) is 47.2 Å². The van der Waals surface area contributed by atoms with Gasteiger partial charge in [-0.25, -0.2) is 9.78 Å². The summed E-state index contributed by atoms with van der Waals surface area (Å²) in [6.07, 6.45) is -5.03. The van der Waals surface area contributed by atoms with E-state index in [1.54, 1.807) is 24.3 Å². The highest BCUT2D eigenvalue weighted by Crippen LogP contribution is 2.34. The second-order valence-corrected chi connectivity index (χ2v) is 10.8. The van der Waals surface area contributed by atoms with Gasteiger partial charge in [-0.05, 0) is 71.8 Å². The Hall–Kier alpha value is -5.69. The number of benzene rings is 4. The number of aromatic nitrogens is 1. The Morgan fingerprint density at radius 3 is 2.28 bits per heavy atom. The summed E-state index contributed by atoms with van der Waals surface area (Å²) in [5.74, 6) is -1.93. The zero-order valence-electron chi connectivity index (χ0n) is 23.7. The normalized spacial score (nSPS) is 11.1. The number of carbonyl (C=O) groups excluding carboxylic acids is 2. The number of nitrogens with one attached hydrogen (secondary N) is 2. The smallest absolute Gasteiger partial charge is 0.416 e. The molecule has 234 valence electrons. The summed E-state index contributed by atoms with van der Waals surface area (Å²) in [5.41, 5.74) is -0.940. The number of carboxylic acids is 1. The number of para-hydroxylation sites is 1. The van der Waals surface area contributed by atoms with Gasteiger partial charge in [0.25, 0.3) is 11.8 Å². The van der Waals surface area contributed by atoms with E-state index in [1.807, 2.05) is 30.3 Å². The lowest BCUT2D eigenvalue weighted by molar-refractivity contribution is -0.138. The van der Waals surface area contributed by atoms with Crippen LogP contribution in [0.4, 0.5) is 18.9 Å². The highest BCUT2D eigenvalue weighted by Gasteiger charge is 2.34. The first-order valence-electron chi connectivity index (χ1n) is 13.6. The summed E-state index contributed by atoms with van der Waals surface area (Å²) >= 11 is 1.00. The maximum Gasteiger partial charge on any atom is 0.416 e. The molecule has 1 heterocycles. The molecule has 9 nitrogen and oxygen atoms in total. The van der Waals surface area contributed by atoms with Crippen molar-refractivity contribution >= 4 is 34.8 Å². The van der Waals surface area contributed by atoms with E-state index < -0.39 is 40.8 Å². The summed E-state index contributed by atoms with van der Waals surface area (Å²) in [4.78, 5) is 41.1.